The monoisotopic (exact) mass is 722 g/mol. The lowest BCUT2D eigenvalue weighted by atomic mass is 10.0. The van der Waals surface area contributed by atoms with Crippen molar-refractivity contribution in [2.24, 2.45) is 5.73 Å². The summed E-state index contributed by atoms with van der Waals surface area (Å²) in [7, 11) is 1.40. The molecule has 272 valence electrons. The highest BCUT2D eigenvalue weighted by atomic mass is 19.1. The molecule has 1 aromatic heterocycles. The van der Waals surface area contributed by atoms with Crippen LogP contribution in [0.25, 0.3) is 11.3 Å². The number of nitrogens with one attached hydrogen (secondary N) is 2. The summed E-state index contributed by atoms with van der Waals surface area (Å²) in [6, 6.07) is 14.5. The van der Waals surface area contributed by atoms with Crippen molar-refractivity contribution in [3.05, 3.63) is 94.3 Å². The number of ether oxygens (including phenoxy) is 1. The van der Waals surface area contributed by atoms with Crippen LogP contribution in [-0.2, 0) is 16.1 Å². The highest BCUT2D eigenvalue weighted by molar-refractivity contribution is 6.23. The summed E-state index contributed by atoms with van der Waals surface area (Å²) >= 11 is 0. The largest absolute Gasteiger partial charge is 0.496 e. The van der Waals surface area contributed by atoms with Crippen molar-refractivity contribution < 1.29 is 37.9 Å². The van der Waals surface area contributed by atoms with Gasteiger partial charge in [0.05, 0.1) is 29.8 Å². The van der Waals surface area contributed by atoms with Crippen LogP contribution >= 0.6 is 0 Å². The highest BCUT2D eigenvalue weighted by Crippen LogP contribution is 2.36. The van der Waals surface area contributed by atoms with Crippen LogP contribution in [0.5, 0.6) is 5.75 Å². The summed E-state index contributed by atoms with van der Waals surface area (Å²) in [5, 5.41) is 9.68. The van der Waals surface area contributed by atoms with E-state index in [1.807, 2.05) is 0 Å². The molecular formula is C37H35FN8O7. The van der Waals surface area contributed by atoms with Gasteiger partial charge in [-0.15, -0.1) is 0 Å². The number of hydrogen-bond donors (Lipinski definition) is 4. The zero-order chi connectivity index (χ0) is 37.6. The first-order chi connectivity index (χ1) is 25.4. The van der Waals surface area contributed by atoms with Gasteiger partial charge in [0.15, 0.2) is 0 Å². The molecule has 3 aliphatic heterocycles. The first kappa shape index (κ1) is 34.9. The van der Waals surface area contributed by atoms with E-state index < -0.39 is 47.3 Å². The van der Waals surface area contributed by atoms with E-state index in [0.717, 1.165) is 22.2 Å². The predicted octanol–water partition coefficient (Wildman–Crippen LogP) is 2.55. The molecule has 15 nitrogen and oxygen atoms in total. The molecular weight excluding hydrogens is 687 g/mol. The van der Waals surface area contributed by atoms with Crippen LogP contribution in [0.15, 0.2) is 60.7 Å². The fourth-order valence-electron chi connectivity index (χ4n) is 7.11. The molecule has 3 aliphatic rings. The zero-order valence-corrected chi connectivity index (χ0v) is 28.6. The number of fused-ring (bicyclic) bond motifs is 1. The molecule has 1 atom stereocenters. The van der Waals surface area contributed by atoms with Gasteiger partial charge in [-0.1, -0.05) is 24.3 Å². The standard InChI is InChI=1S/C37H35FN8O7/c1-53-28-10-6-21(38)16-26(28)34(49)41-18-19-2-4-20(5-3-19)31-30(33(40)48)32(39)46(43-31)22-12-14-44(15-13-22)23-7-8-24-25(17-23)37(52)45(36(24)51)27-9-11-29(47)42-35(27)50/h2-8,10,16-17,22,27H,9,11-15,18,39H2,1H3,(H2,40,48)(H,41,49)(H,42,47,50). The Labute approximate surface area is 302 Å². The van der Waals surface area contributed by atoms with Crippen molar-refractivity contribution >= 4 is 46.9 Å². The number of rotatable bonds is 9. The third kappa shape index (κ3) is 6.43. The lowest BCUT2D eigenvalue weighted by molar-refractivity contribution is -0.136. The molecule has 4 aromatic rings. The van der Waals surface area contributed by atoms with Crippen molar-refractivity contribution in [1.29, 1.82) is 0 Å². The van der Waals surface area contributed by atoms with E-state index in [4.69, 9.17) is 21.3 Å². The lowest BCUT2D eigenvalue weighted by Gasteiger charge is -2.34. The van der Waals surface area contributed by atoms with E-state index in [9.17, 15) is 33.2 Å². The fourth-order valence-corrected chi connectivity index (χ4v) is 7.11. The number of amides is 6. The number of anilines is 2. The quantitative estimate of drug-likeness (QED) is 0.185. The number of carbonyl (C=O) groups is 6. The van der Waals surface area contributed by atoms with Gasteiger partial charge in [-0.05, 0) is 61.2 Å². The van der Waals surface area contributed by atoms with Crippen LogP contribution < -0.4 is 31.7 Å². The Hall–Kier alpha value is -6.58. The number of nitrogen functional groups attached to an aromatic ring is 1. The van der Waals surface area contributed by atoms with Crippen LogP contribution in [-0.4, -0.2) is 76.4 Å². The number of aromatic nitrogens is 2. The molecule has 7 rings (SSSR count). The van der Waals surface area contributed by atoms with Gasteiger partial charge in [0.1, 0.15) is 34.7 Å². The van der Waals surface area contributed by atoms with Crippen molar-refractivity contribution in [2.45, 2.75) is 44.3 Å². The molecule has 53 heavy (non-hydrogen) atoms. The van der Waals surface area contributed by atoms with Crippen LogP contribution in [0.2, 0.25) is 0 Å². The normalized spacial score (nSPS) is 17.5. The van der Waals surface area contributed by atoms with Gasteiger partial charge in [-0.2, -0.15) is 5.10 Å². The molecule has 0 bridgehead atoms. The maximum Gasteiger partial charge on any atom is 0.262 e. The number of carbonyl (C=O) groups excluding carboxylic acids is 6. The molecule has 4 heterocycles. The summed E-state index contributed by atoms with van der Waals surface area (Å²) in [4.78, 5) is 78.8. The predicted molar refractivity (Wildman–Crippen MR) is 188 cm³/mol. The molecule has 6 amide bonds. The van der Waals surface area contributed by atoms with Crippen LogP contribution in [0.4, 0.5) is 15.9 Å². The second kappa shape index (κ2) is 13.9. The van der Waals surface area contributed by atoms with Crippen molar-refractivity contribution in [3.63, 3.8) is 0 Å². The third-order valence-electron chi connectivity index (χ3n) is 9.88. The lowest BCUT2D eigenvalue weighted by Crippen LogP contribution is -2.54. The molecule has 0 aliphatic carbocycles. The molecule has 1 unspecified atom stereocenters. The molecule has 6 N–H and O–H groups in total. The molecule has 16 heteroatoms. The van der Waals surface area contributed by atoms with Crippen LogP contribution in [0.3, 0.4) is 0 Å². The van der Waals surface area contributed by atoms with Crippen LogP contribution in [0.1, 0.15) is 78.7 Å². The molecule has 0 radical (unpaired) electrons. The van der Waals surface area contributed by atoms with Crippen molar-refractivity contribution in [3.8, 4) is 17.0 Å². The molecule has 0 spiro atoms. The Morgan fingerprint density at radius 2 is 1.68 bits per heavy atom. The maximum absolute atomic E-state index is 13.8. The number of halogens is 1. The van der Waals surface area contributed by atoms with Gasteiger partial charge < -0.3 is 26.4 Å². The SMILES string of the molecule is COc1ccc(F)cc1C(=O)NCc1ccc(-c2nn(C3CCN(c4ccc5c(c4)C(=O)N(C4CCC(=O)NC4=O)C5=O)CC3)c(N)c2C(N)=O)cc1. The Morgan fingerprint density at radius 1 is 0.962 bits per heavy atom. The molecule has 2 fully saturated rings. The average Bonchev–Trinajstić information content (AvgIpc) is 3.63. The second-order valence-electron chi connectivity index (χ2n) is 13.0. The number of nitrogens with zero attached hydrogens (tertiary/aromatic N) is 4. The zero-order valence-electron chi connectivity index (χ0n) is 28.6. The summed E-state index contributed by atoms with van der Waals surface area (Å²) in [6.07, 6.45) is 1.29. The Bertz CT molecular complexity index is 2190. The van der Waals surface area contributed by atoms with Crippen molar-refractivity contribution in [2.75, 3.05) is 30.8 Å². The third-order valence-corrected chi connectivity index (χ3v) is 9.88. The summed E-state index contributed by atoms with van der Waals surface area (Å²) < 4.78 is 20.5. The van der Waals surface area contributed by atoms with Gasteiger partial charge in [0, 0.05) is 37.3 Å². The van der Waals surface area contributed by atoms with Gasteiger partial charge >= 0.3 is 0 Å². The Morgan fingerprint density at radius 3 is 2.36 bits per heavy atom. The van der Waals surface area contributed by atoms with Crippen molar-refractivity contribution in [1.82, 2.24) is 25.3 Å². The van der Waals surface area contributed by atoms with Gasteiger partial charge in [0.2, 0.25) is 11.8 Å². The average molecular weight is 723 g/mol. The first-order valence-corrected chi connectivity index (χ1v) is 16.9. The molecule has 2 saturated heterocycles. The first-order valence-electron chi connectivity index (χ1n) is 16.9. The van der Waals surface area contributed by atoms with E-state index in [2.05, 4.69) is 15.5 Å². The topological polar surface area (TPSA) is 212 Å². The van der Waals surface area contributed by atoms with Crippen LogP contribution in [0, 0.1) is 5.82 Å². The summed E-state index contributed by atoms with van der Waals surface area (Å²) in [5.74, 6) is -3.66. The number of benzene rings is 3. The minimum absolute atomic E-state index is 0.0391. The Balaban J connectivity index is 1.03. The maximum atomic E-state index is 13.8. The molecule has 3 aromatic carbocycles. The highest BCUT2D eigenvalue weighted by Gasteiger charge is 2.45. The fraction of sp³-hybridized carbons (Fsp3) is 0.270. The van der Waals surface area contributed by atoms with Gasteiger partial charge in [-0.25, -0.2) is 9.07 Å². The number of nitrogens with two attached hydrogens (primary N) is 2. The number of hydrogen-bond acceptors (Lipinski definition) is 10. The van der Waals surface area contributed by atoms with E-state index in [1.165, 1.54) is 19.2 Å². The Kier molecular flexibility index (Phi) is 9.11. The van der Waals surface area contributed by atoms with E-state index >= 15 is 0 Å². The number of imide groups is 2. The second-order valence-corrected chi connectivity index (χ2v) is 13.0. The summed E-state index contributed by atoms with van der Waals surface area (Å²) in [5.41, 5.74) is 15.2. The smallest absolute Gasteiger partial charge is 0.262 e. The minimum atomic E-state index is -1.04. The van der Waals surface area contributed by atoms with Gasteiger partial charge in [0.25, 0.3) is 23.6 Å². The molecule has 0 saturated carbocycles. The van der Waals surface area contributed by atoms with E-state index in [1.54, 1.807) is 47.1 Å². The number of primary amides is 1. The number of methoxy groups -OCH3 is 1. The minimum Gasteiger partial charge on any atom is -0.496 e. The van der Waals surface area contributed by atoms with E-state index in [-0.39, 0.29) is 59.2 Å². The number of piperidine rings is 2. The summed E-state index contributed by atoms with van der Waals surface area (Å²) in [6.45, 7) is 1.24. The van der Waals surface area contributed by atoms with E-state index in [0.29, 0.717) is 37.2 Å². The van der Waals surface area contributed by atoms with Gasteiger partial charge in [-0.3, -0.25) is 39.0 Å².